The fourth-order valence-corrected chi connectivity index (χ4v) is 1.76. The summed E-state index contributed by atoms with van der Waals surface area (Å²) in [6, 6.07) is 5.96. The molecule has 3 nitrogen and oxygen atoms in total. The van der Waals surface area contributed by atoms with E-state index in [1.165, 1.54) is 0 Å². The van der Waals surface area contributed by atoms with E-state index < -0.39 is 5.97 Å². The standard InChI is InChI=1S/C18H22O3/c1-5-8-15-10-7-11-16(9-6-2)17(15)20-12-13-21-18(19)14(3)4/h5-11H,3,12-13H2,1-2,4H3/b8-5-,9-6-. The Morgan fingerprint density at radius 1 is 1.14 bits per heavy atom. The maximum Gasteiger partial charge on any atom is 0.333 e. The summed E-state index contributed by atoms with van der Waals surface area (Å²) in [5.41, 5.74) is 2.39. The molecular formula is C18H22O3. The van der Waals surface area contributed by atoms with Gasteiger partial charge >= 0.3 is 5.97 Å². The van der Waals surface area contributed by atoms with Gasteiger partial charge in [-0.2, -0.15) is 0 Å². The van der Waals surface area contributed by atoms with Crippen LogP contribution in [-0.4, -0.2) is 19.2 Å². The van der Waals surface area contributed by atoms with E-state index in [4.69, 9.17) is 9.47 Å². The topological polar surface area (TPSA) is 35.5 Å². The van der Waals surface area contributed by atoms with E-state index in [2.05, 4.69) is 6.58 Å². The average Bonchev–Trinajstić information content (AvgIpc) is 2.45. The minimum absolute atomic E-state index is 0.200. The number of hydrogen-bond acceptors (Lipinski definition) is 3. The molecule has 0 saturated carbocycles. The van der Waals surface area contributed by atoms with E-state index in [0.717, 1.165) is 16.9 Å². The van der Waals surface area contributed by atoms with Crippen molar-refractivity contribution in [1.82, 2.24) is 0 Å². The van der Waals surface area contributed by atoms with Gasteiger partial charge in [-0.1, -0.05) is 49.1 Å². The van der Waals surface area contributed by atoms with Gasteiger partial charge in [-0.25, -0.2) is 4.79 Å². The normalized spacial score (nSPS) is 11.0. The number of rotatable bonds is 7. The Balaban J connectivity index is 2.76. The molecular weight excluding hydrogens is 264 g/mol. The minimum Gasteiger partial charge on any atom is -0.489 e. The first-order valence-corrected chi connectivity index (χ1v) is 6.94. The van der Waals surface area contributed by atoms with Gasteiger partial charge in [0.25, 0.3) is 0 Å². The summed E-state index contributed by atoms with van der Waals surface area (Å²) in [7, 11) is 0. The Bertz CT molecular complexity index is 523. The molecule has 0 radical (unpaired) electrons. The van der Waals surface area contributed by atoms with Crippen LogP contribution in [0.15, 0.2) is 42.5 Å². The highest BCUT2D eigenvalue weighted by Gasteiger charge is 2.07. The fraction of sp³-hybridized carbons (Fsp3) is 0.278. The molecule has 1 rings (SSSR count). The fourth-order valence-electron chi connectivity index (χ4n) is 1.76. The van der Waals surface area contributed by atoms with Crippen LogP contribution in [0.25, 0.3) is 12.2 Å². The number of hydrogen-bond donors (Lipinski definition) is 0. The molecule has 0 aliphatic heterocycles. The van der Waals surface area contributed by atoms with Crippen molar-refractivity contribution in [1.29, 1.82) is 0 Å². The smallest absolute Gasteiger partial charge is 0.333 e. The zero-order valence-electron chi connectivity index (χ0n) is 12.9. The van der Waals surface area contributed by atoms with E-state index in [9.17, 15) is 4.79 Å². The molecule has 0 atom stereocenters. The lowest BCUT2D eigenvalue weighted by molar-refractivity contribution is -0.139. The molecule has 0 aromatic heterocycles. The summed E-state index contributed by atoms with van der Waals surface area (Å²) < 4.78 is 10.8. The summed E-state index contributed by atoms with van der Waals surface area (Å²) in [4.78, 5) is 11.3. The van der Waals surface area contributed by atoms with Gasteiger partial charge < -0.3 is 9.47 Å². The first-order chi connectivity index (χ1) is 10.1. The predicted octanol–water partition coefficient (Wildman–Crippen LogP) is 4.25. The average molecular weight is 286 g/mol. The first kappa shape index (κ1) is 16.8. The van der Waals surface area contributed by atoms with Gasteiger partial charge in [-0.15, -0.1) is 0 Å². The van der Waals surface area contributed by atoms with Crippen molar-refractivity contribution < 1.29 is 14.3 Å². The molecule has 3 heteroatoms. The summed E-state index contributed by atoms with van der Waals surface area (Å²) in [6.07, 6.45) is 7.90. The quantitative estimate of drug-likeness (QED) is 0.427. The van der Waals surface area contributed by atoms with E-state index in [1.807, 2.05) is 56.4 Å². The number of carbonyl (C=O) groups excluding carboxylic acids is 1. The van der Waals surface area contributed by atoms with Crippen LogP contribution in [0, 0.1) is 0 Å². The molecule has 1 aromatic carbocycles. The molecule has 0 bridgehead atoms. The van der Waals surface area contributed by atoms with E-state index in [-0.39, 0.29) is 6.61 Å². The largest absolute Gasteiger partial charge is 0.489 e. The number of ether oxygens (including phenoxy) is 2. The predicted molar refractivity (Wildman–Crippen MR) is 87.1 cm³/mol. The van der Waals surface area contributed by atoms with Gasteiger partial charge in [0.15, 0.2) is 0 Å². The number of benzene rings is 1. The van der Waals surface area contributed by atoms with Crippen LogP contribution in [0.3, 0.4) is 0 Å². The van der Waals surface area contributed by atoms with Crippen molar-refractivity contribution in [3.8, 4) is 5.75 Å². The molecule has 0 unspecified atom stereocenters. The van der Waals surface area contributed by atoms with E-state index >= 15 is 0 Å². The van der Waals surface area contributed by atoms with Crippen molar-refractivity contribution in [2.75, 3.05) is 13.2 Å². The van der Waals surface area contributed by atoms with Crippen LogP contribution in [-0.2, 0) is 9.53 Å². The highest BCUT2D eigenvalue weighted by atomic mass is 16.6. The van der Waals surface area contributed by atoms with Crippen molar-refractivity contribution in [2.24, 2.45) is 0 Å². The minimum atomic E-state index is -0.394. The second kappa shape index (κ2) is 8.80. The summed E-state index contributed by atoms with van der Waals surface area (Å²) in [5.74, 6) is 0.397. The van der Waals surface area contributed by atoms with Crippen molar-refractivity contribution >= 4 is 18.1 Å². The number of carbonyl (C=O) groups is 1. The molecule has 0 aliphatic carbocycles. The van der Waals surface area contributed by atoms with Gasteiger partial charge in [-0.3, -0.25) is 0 Å². The third-order valence-electron chi connectivity index (χ3n) is 2.68. The molecule has 0 fully saturated rings. The molecule has 1 aromatic rings. The van der Waals surface area contributed by atoms with Gasteiger partial charge in [0.05, 0.1) is 0 Å². The van der Waals surface area contributed by atoms with Crippen LogP contribution in [0.2, 0.25) is 0 Å². The zero-order chi connectivity index (χ0) is 15.7. The van der Waals surface area contributed by atoms with Crippen LogP contribution >= 0.6 is 0 Å². The SMILES string of the molecule is C=C(C)C(=O)OCCOc1c(/C=C\C)cccc1/C=C\C. The van der Waals surface area contributed by atoms with Crippen molar-refractivity contribution in [2.45, 2.75) is 20.8 Å². The van der Waals surface area contributed by atoms with Gasteiger partial charge in [-0.05, 0) is 20.8 Å². The summed E-state index contributed by atoms with van der Waals surface area (Å²) in [6.45, 7) is 9.58. The lowest BCUT2D eigenvalue weighted by atomic mass is 10.1. The number of allylic oxidation sites excluding steroid dienone is 2. The number of esters is 1. The highest BCUT2D eigenvalue weighted by Crippen LogP contribution is 2.26. The second-order valence-corrected chi connectivity index (χ2v) is 4.53. The molecule has 0 heterocycles. The first-order valence-electron chi connectivity index (χ1n) is 6.94. The second-order valence-electron chi connectivity index (χ2n) is 4.53. The van der Waals surface area contributed by atoms with Gasteiger partial charge in [0.1, 0.15) is 19.0 Å². The maximum absolute atomic E-state index is 11.3. The molecule has 21 heavy (non-hydrogen) atoms. The Morgan fingerprint density at radius 3 is 2.19 bits per heavy atom. The van der Waals surface area contributed by atoms with Gasteiger partial charge in [0.2, 0.25) is 0 Å². The molecule has 112 valence electrons. The number of para-hydroxylation sites is 1. The Hall–Kier alpha value is -2.29. The third kappa shape index (κ3) is 5.30. The van der Waals surface area contributed by atoms with Crippen LogP contribution < -0.4 is 4.74 Å². The molecule has 0 aliphatic rings. The maximum atomic E-state index is 11.3. The van der Waals surface area contributed by atoms with Crippen LogP contribution in [0.4, 0.5) is 0 Å². The molecule has 0 saturated heterocycles. The zero-order valence-corrected chi connectivity index (χ0v) is 12.9. The Morgan fingerprint density at radius 2 is 1.71 bits per heavy atom. The van der Waals surface area contributed by atoms with Crippen LogP contribution in [0.5, 0.6) is 5.75 Å². The van der Waals surface area contributed by atoms with Crippen molar-refractivity contribution in [3.05, 3.63) is 53.6 Å². The lowest BCUT2D eigenvalue weighted by Gasteiger charge is -2.13. The van der Waals surface area contributed by atoms with Crippen LogP contribution in [0.1, 0.15) is 31.9 Å². The highest BCUT2D eigenvalue weighted by molar-refractivity contribution is 5.86. The molecule has 0 spiro atoms. The van der Waals surface area contributed by atoms with E-state index in [0.29, 0.717) is 12.2 Å². The van der Waals surface area contributed by atoms with Crippen molar-refractivity contribution in [3.63, 3.8) is 0 Å². The Labute approximate surface area is 126 Å². The monoisotopic (exact) mass is 286 g/mol. The summed E-state index contributed by atoms with van der Waals surface area (Å²) >= 11 is 0. The Kier molecular flexibility index (Phi) is 7.02. The van der Waals surface area contributed by atoms with E-state index in [1.54, 1.807) is 6.92 Å². The summed E-state index contributed by atoms with van der Waals surface area (Å²) in [5, 5.41) is 0. The third-order valence-corrected chi connectivity index (χ3v) is 2.68. The van der Waals surface area contributed by atoms with Gasteiger partial charge in [0, 0.05) is 16.7 Å². The molecule has 0 amide bonds. The molecule has 0 N–H and O–H groups in total. The lowest BCUT2D eigenvalue weighted by Crippen LogP contribution is -2.13.